The van der Waals surface area contributed by atoms with Crippen LogP contribution in [0.25, 0.3) is 10.9 Å². The number of fused-ring (bicyclic) bond motifs is 1. The normalized spacial score (nSPS) is 13.7. The molecule has 14 heavy (non-hydrogen) atoms. The Kier molecular flexibility index (Phi) is 2.21. The maximum absolute atomic E-state index is 12.4. The number of aromatic amines is 1. The summed E-state index contributed by atoms with van der Waals surface area (Å²) in [5.74, 6) is 0. The Balaban J connectivity index is 2.56. The Labute approximate surface area is 79.7 Å². The Bertz CT molecular complexity index is 436. The van der Waals surface area contributed by atoms with Gasteiger partial charge in [-0.3, -0.25) is 0 Å². The average molecular weight is 196 g/mol. The molecule has 74 valence electrons. The van der Waals surface area contributed by atoms with E-state index in [0.29, 0.717) is 5.56 Å². The first kappa shape index (κ1) is 9.15. The minimum Gasteiger partial charge on any atom is -0.361 e. The summed E-state index contributed by atoms with van der Waals surface area (Å²) in [7, 11) is 0. The van der Waals surface area contributed by atoms with Crippen LogP contribution in [0.3, 0.4) is 0 Å². The zero-order valence-electron chi connectivity index (χ0n) is 7.37. The topological polar surface area (TPSA) is 41.8 Å². The number of H-pyrrole nitrogens is 1. The van der Waals surface area contributed by atoms with Gasteiger partial charge in [-0.25, -0.2) is 8.78 Å². The van der Waals surface area contributed by atoms with Gasteiger partial charge in [0.15, 0.2) is 0 Å². The molecule has 0 aliphatic heterocycles. The van der Waals surface area contributed by atoms with Crippen molar-refractivity contribution in [3.05, 3.63) is 36.0 Å². The van der Waals surface area contributed by atoms with Crippen LogP contribution in [0.1, 0.15) is 11.6 Å². The second kappa shape index (κ2) is 3.38. The lowest BCUT2D eigenvalue weighted by atomic mass is 10.0. The lowest BCUT2D eigenvalue weighted by Crippen LogP contribution is -2.18. The van der Waals surface area contributed by atoms with Gasteiger partial charge in [0.25, 0.3) is 6.43 Å². The molecule has 2 nitrogen and oxygen atoms in total. The largest absolute Gasteiger partial charge is 0.361 e. The Morgan fingerprint density at radius 2 is 2.00 bits per heavy atom. The molecule has 0 bridgehead atoms. The molecule has 2 aromatic rings. The smallest absolute Gasteiger partial charge is 0.257 e. The highest BCUT2D eigenvalue weighted by Gasteiger charge is 2.19. The monoisotopic (exact) mass is 196 g/mol. The standard InChI is InChI=1S/C10H10F2N2/c11-10(12)9(13)7-2-1-3-8-6(7)4-5-14-8/h1-5,9-10,14H,13H2/t9-/m0/s1. The molecule has 0 spiro atoms. The van der Waals surface area contributed by atoms with E-state index in [1.165, 1.54) is 0 Å². The predicted molar refractivity (Wildman–Crippen MR) is 51.2 cm³/mol. The van der Waals surface area contributed by atoms with Crippen LogP contribution in [-0.2, 0) is 0 Å². The molecular weight excluding hydrogens is 186 g/mol. The van der Waals surface area contributed by atoms with Gasteiger partial charge in [-0.15, -0.1) is 0 Å². The first-order chi connectivity index (χ1) is 6.70. The number of rotatable bonds is 2. The van der Waals surface area contributed by atoms with Crippen molar-refractivity contribution in [2.45, 2.75) is 12.5 Å². The van der Waals surface area contributed by atoms with E-state index >= 15 is 0 Å². The summed E-state index contributed by atoms with van der Waals surface area (Å²) in [5, 5.41) is 0.764. The van der Waals surface area contributed by atoms with Gasteiger partial charge in [0.1, 0.15) is 0 Å². The lowest BCUT2D eigenvalue weighted by molar-refractivity contribution is 0.117. The maximum atomic E-state index is 12.4. The Hall–Kier alpha value is -1.42. The number of benzene rings is 1. The second-order valence-electron chi connectivity index (χ2n) is 3.15. The summed E-state index contributed by atoms with van der Waals surface area (Å²) < 4.78 is 24.8. The lowest BCUT2D eigenvalue weighted by Gasteiger charge is -2.11. The number of hydrogen-bond acceptors (Lipinski definition) is 1. The maximum Gasteiger partial charge on any atom is 0.257 e. The fraction of sp³-hybridized carbons (Fsp3) is 0.200. The molecule has 0 unspecified atom stereocenters. The van der Waals surface area contributed by atoms with Crippen molar-refractivity contribution in [3.8, 4) is 0 Å². The van der Waals surface area contributed by atoms with Crippen LogP contribution >= 0.6 is 0 Å². The zero-order chi connectivity index (χ0) is 10.1. The third-order valence-electron chi connectivity index (χ3n) is 2.26. The summed E-state index contributed by atoms with van der Waals surface area (Å²) in [4.78, 5) is 2.95. The summed E-state index contributed by atoms with van der Waals surface area (Å²) in [6.07, 6.45) is -0.817. The van der Waals surface area contributed by atoms with Gasteiger partial charge >= 0.3 is 0 Å². The Morgan fingerprint density at radius 3 is 2.71 bits per heavy atom. The third-order valence-corrected chi connectivity index (χ3v) is 2.26. The van der Waals surface area contributed by atoms with Crippen molar-refractivity contribution in [2.24, 2.45) is 5.73 Å². The summed E-state index contributed by atoms with van der Waals surface area (Å²) >= 11 is 0. The van der Waals surface area contributed by atoms with Crippen LogP contribution in [0.2, 0.25) is 0 Å². The molecule has 0 radical (unpaired) electrons. The van der Waals surface area contributed by atoms with Gasteiger partial charge in [-0.1, -0.05) is 12.1 Å². The van der Waals surface area contributed by atoms with Gasteiger partial charge in [-0.05, 0) is 17.7 Å². The van der Waals surface area contributed by atoms with Gasteiger partial charge in [0.05, 0.1) is 6.04 Å². The van der Waals surface area contributed by atoms with Gasteiger partial charge in [-0.2, -0.15) is 0 Å². The highest BCUT2D eigenvalue weighted by atomic mass is 19.3. The number of nitrogens with two attached hydrogens (primary N) is 1. The van der Waals surface area contributed by atoms with Crippen molar-refractivity contribution in [1.82, 2.24) is 4.98 Å². The molecule has 4 heteroatoms. The van der Waals surface area contributed by atoms with E-state index in [9.17, 15) is 8.78 Å². The first-order valence-electron chi connectivity index (χ1n) is 4.30. The van der Waals surface area contributed by atoms with E-state index < -0.39 is 12.5 Å². The minimum atomic E-state index is -2.53. The number of alkyl halides is 2. The van der Waals surface area contributed by atoms with Crippen LogP contribution < -0.4 is 5.73 Å². The van der Waals surface area contributed by atoms with Crippen LogP contribution in [0.5, 0.6) is 0 Å². The van der Waals surface area contributed by atoms with E-state index in [0.717, 1.165) is 10.9 Å². The number of halogens is 2. The van der Waals surface area contributed by atoms with Crippen molar-refractivity contribution >= 4 is 10.9 Å². The van der Waals surface area contributed by atoms with Gasteiger partial charge in [0.2, 0.25) is 0 Å². The average Bonchev–Trinajstić information content (AvgIpc) is 2.63. The summed E-state index contributed by atoms with van der Waals surface area (Å²) in [5.41, 5.74) is 6.72. The molecule has 2 rings (SSSR count). The highest BCUT2D eigenvalue weighted by Crippen LogP contribution is 2.25. The van der Waals surface area contributed by atoms with Crippen molar-refractivity contribution < 1.29 is 8.78 Å². The van der Waals surface area contributed by atoms with E-state index in [1.54, 1.807) is 24.4 Å². The Morgan fingerprint density at radius 1 is 1.21 bits per heavy atom. The third kappa shape index (κ3) is 1.37. The fourth-order valence-electron chi connectivity index (χ4n) is 1.54. The molecule has 3 N–H and O–H groups in total. The van der Waals surface area contributed by atoms with Crippen LogP contribution in [-0.4, -0.2) is 11.4 Å². The number of hydrogen-bond donors (Lipinski definition) is 2. The molecule has 0 amide bonds. The van der Waals surface area contributed by atoms with Crippen LogP contribution in [0.15, 0.2) is 30.5 Å². The van der Waals surface area contributed by atoms with Gasteiger partial charge in [0, 0.05) is 17.1 Å². The SMILES string of the molecule is N[C@@H](c1cccc2[nH]ccc12)C(F)F. The molecule has 1 aromatic carbocycles. The van der Waals surface area contributed by atoms with E-state index in [2.05, 4.69) is 4.98 Å². The molecule has 0 saturated heterocycles. The van der Waals surface area contributed by atoms with Crippen LogP contribution in [0, 0.1) is 0 Å². The quantitative estimate of drug-likeness (QED) is 0.761. The van der Waals surface area contributed by atoms with Gasteiger partial charge < -0.3 is 10.7 Å². The molecular formula is C10H10F2N2. The van der Waals surface area contributed by atoms with Crippen molar-refractivity contribution in [2.75, 3.05) is 0 Å². The molecule has 1 heterocycles. The summed E-state index contributed by atoms with van der Waals surface area (Å²) in [6, 6.07) is 5.72. The number of aromatic nitrogens is 1. The predicted octanol–water partition coefficient (Wildman–Crippen LogP) is 2.43. The zero-order valence-corrected chi connectivity index (χ0v) is 7.37. The highest BCUT2D eigenvalue weighted by molar-refractivity contribution is 5.83. The molecule has 0 saturated carbocycles. The molecule has 0 aliphatic rings. The molecule has 0 fully saturated rings. The minimum absolute atomic E-state index is 0.485. The van der Waals surface area contributed by atoms with Crippen LogP contribution in [0.4, 0.5) is 8.78 Å². The van der Waals surface area contributed by atoms with E-state index in [1.807, 2.05) is 6.07 Å². The first-order valence-corrected chi connectivity index (χ1v) is 4.30. The molecule has 1 aromatic heterocycles. The second-order valence-corrected chi connectivity index (χ2v) is 3.15. The summed E-state index contributed by atoms with van der Waals surface area (Å²) in [6.45, 7) is 0. The van der Waals surface area contributed by atoms with Crippen molar-refractivity contribution in [3.63, 3.8) is 0 Å². The molecule has 0 aliphatic carbocycles. The molecule has 1 atom stereocenters. The fourth-order valence-corrected chi connectivity index (χ4v) is 1.54. The van der Waals surface area contributed by atoms with E-state index in [4.69, 9.17) is 5.73 Å². The van der Waals surface area contributed by atoms with E-state index in [-0.39, 0.29) is 0 Å². The van der Waals surface area contributed by atoms with Crippen molar-refractivity contribution in [1.29, 1.82) is 0 Å². The number of nitrogens with one attached hydrogen (secondary N) is 1.